The number of amides is 1. The number of benzene rings is 1. The molecule has 0 saturated carbocycles. The van der Waals surface area contributed by atoms with Gasteiger partial charge in [0.25, 0.3) is 0 Å². The van der Waals surface area contributed by atoms with Crippen molar-refractivity contribution in [3.05, 3.63) is 47.9 Å². The Labute approximate surface area is 192 Å². The molecule has 8 heteroatoms. The van der Waals surface area contributed by atoms with Crippen LogP contribution in [-0.4, -0.2) is 40.0 Å². The summed E-state index contributed by atoms with van der Waals surface area (Å²) in [5.74, 6) is 0. The highest BCUT2D eigenvalue weighted by molar-refractivity contribution is 6.29. The van der Waals surface area contributed by atoms with Gasteiger partial charge in [-0.1, -0.05) is 11.6 Å². The Balaban J connectivity index is 2.19. The van der Waals surface area contributed by atoms with Gasteiger partial charge in [0.1, 0.15) is 16.4 Å². The molecule has 7 nitrogen and oxygen atoms in total. The topological polar surface area (TPSA) is 73.7 Å². The highest BCUT2D eigenvalue weighted by atomic mass is 35.5. The Bertz CT molecular complexity index is 1170. The molecule has 0 bridgehead atoms. The number of nitrogens with zero attached hydrogens (tertiary/aromatic N) is 3. The fourth-order valence-corrected chi connectivity index (χ4v) is 3.32. The lowest BCUT2D eigenvalue weighted by atomic mass is 10.0. The molecule has 2 aromatic heterocycles. The first-order valence-corrected chi connectivity index (χ1v) is 10.6. The minimum absolute atomic E-state index is 0.340. The van der Waals surface area contributed by atoms with Crippen molar-refractivity contribution in [1.82, 2.24) is 9.55 Å². The molecule has 170 valence electrons. The molecule has 2 heterocycles. The van der Waals surface area contributed by atoms with E-state index in [2.05, 4.69) is 4.98 Å². The van der Waals surface area contributed by atoms with E-state index in [-0.39, 0.29) is 0 Å². The zero-order valence-electron chi connectivity index (χ0n) is 19.4. The number of rotatable bonds is 2. The van der Waals surface area contributed by atoms with Gasteiger partial charge in [-0.2, -0.15) is 0 Å². The molecule has 0 unspecified atom stereocenters. The van der Waals surface area contributed by atoms with E-state index in [4.69, 9.17) is 21.1 Å². The summed E-state index contributed by atoms with van der Waals surface area (Å²) in [6.07, 6.45) is 2.22. The summed E-state index contributed by atoms with van der Waals surface area (Å²) >= 11 is 6.10. The van der Waals surface area contributed by atoms with E-state index in [1.165, 1.54) is 9.47 Å². The zero-order valence-corrected chi connectivity index (χ0v) is 20.1. The maximum Gasteiger partial charge on any atom is 0.418 e. The average molecular weight is 458 g/mol. The average Bonchev–Trinajstić information content (AvgIpc) is 3.08. The van der Waals surface area contributed by atoms with Crippen LogP contribution in [0.4, 0.5) is 15.3 Å². The minimum Gasteiger partial charge on any atom is -0.443 e. The Morgan fingerprint density at radius 2 is 1.62 bits per heavy atom. The number of fused-ring (bicyclic) bond motifs is 1. The van der Waals surface area contributed by atoms with Crippen LogP contribution in [0.5, 0.6) is 0 Å². The minimum atomic E-state index is -0.653. The van der Waals surface area contributed by atoms with Gasteiger partial charge >= 0.3 is 12.2 Å². The van der Waals surface area contributed by atoms with Gasteiger partial charge in [0.15, 0.2) is 0 Å². The van der Waals surface area contributed by atoms with Crippen LogP contribution in [0.15, 0.2) is 42.7 Å². The van der Waals surface area contributed by atoms with Crippen molar-refractivity contribution >= 4 is 40.4 Å². The van der Waals surface area contributed by atoms with Gasteiger partial charge in [0.2, 0.25) is 0 Å². The second-order valence-corrected chi connectivity index (χ2v) is 9.89. The number of hydrogen-bond donors (Lipinski definition) is 0. The molecule has 0 aliphatic carbocycles. The van der Waals surface area contributed by atoms with Crippen molar-refractivity contribution in [2.45, 2.75) is 52.7 Å². The lowest BCUT2D eigenvalue weighted by Gasteiger charge is -2.25. The SMILES string of the molecule is CN(C(=O)OC(C)(C)C)c1cc(-c2ccnc(Cl)c2)cc2c1ccn2C(=O)OC(C)(C)C. The van der Waals surface area contributed by atoms with Gasteiger partial charge < -0.3 is 9.47 Å². The smallest absolute Gasteiger partial charge is 0.418 e. The van der Waals surface area contributed by atoms with E-state index in [1.54, 1.807) is 31.6 Å². The third kappa shape index (κ3) is 5.40. The Kier molecular flexibility index (Phi) is 6.24. The molecule has 0 spiro atoms. The maximum absolute atomic E-state index is 12.8. The Morgan fingerprint density at radius 1 is 0.969 bits per heavy atom. The molecule has 0 radical (unpaired) electrons. The summed E-state index contributed by atoms with van der Waals surface area (Å²) < 4.78 is 12.5. The summed E-state index contributed by atoms with van der Waals surface area (Å²) in [6.45, 7) is 10.8. The quantitative estimate of drug-likeness (QED) is 0.410. The van der Waals surface area contributed by atoms with Gasteiger partial charge in [-0.25, -0.2) is 14.6 Å². The molecule has 1 aromatic carbocycles. The second-order valence-electron chi connectivity index (χ2n) is 9.50. The van der Waals surface area contributed by atoms with E-state index >= 15 is 0 Å². The molecule has 0 aliphatic heterocycles. The molecule has 0 aliphatic rings. The first-order valence-electron chi connectivity index (χ1n) is 10.2. The van der Waals surface area contributed by atoms with Crippen molar-refractivity contribution in [2.75, 3.05) is 11.9 Å². The Hall–Kier alpha value is -3.06. The molecular weight excluding hydrogens is 430 g/mol. The monoisotopic (exact) mass is 457 g/mol. The number of aromatic nitrogens is 2. The fourth-order valence-electron chi connectivity index (χ4n) is 3.15. The number of carbonyl (C=O) groups excluding carboxylic acids is 2. The number of pyridine rings is 1. The van der Waals surface area contributed by atoms with Crippen LogP contribution in [0.25, 0.3) is 22.0 Å². The van der Waals surface area contributed by atoms with E-state index < -0.39 is 23.4 Å². The number of ether oxygens (including phenoxy) is 2. The lowest BCUT2D eigenvalue weighted by molar-refractivity contribution is 0.0542. The molecule has 1 amide bonds. The number of carbonyl (C=O) groups is 2. The van der Waals surface area contributed by atoms with Gasteiger partial charge in [0, 0.05) is 24.8 Å². The highest BCUT2D eigenvalue weighted by Gasteiger charge is 2.25. The van der Waals surface area contributed by atoms with Crippen LogP contribution in [0, 0.1) is 0 Å². The van der Waals surface area contributed by atoms with Crippen LogP contribution in [0.1, 0.15) is 41.5 Å². The molecule has 0 saturated heterocycles. The number of hydrogen-bond acceptors (Lipinski definition) is 5. The molecule has 3 rings (SSSR count). The molecule has 0 atom stereocenters. The third-order valence-electron chi connectivity index (χ3n) is 4.46. The first-order chi connectivity index (χ1) is 14.7. The van der Waals surface area contributed by atoms with E-state index in [9.17, 15) is 9.59 Å². The summed E-state index contributed by atoms with van der Waals surface area (Å²) in [6, 6.07) is 9.03. The van der Waals surface area contributed by atoms with E-state index in [0.29, 0.717) is 21.7 Å². The normalized spacial score (nSPS) is 12.0. The highest BCUT2D eigenvalue weighted by Crippen LogP contribution is 2.35. The summed E-state index contributed by atoms with van der Waals surface area (Å²) in [5.41, 5.74) is 1.43. The molecule has 0 fully saturated rings. The van der Waals surface area contributed by atoms with Crippen LogP contribution in [0.3, 0.4) is 0 Å². The number of halogens is 1. The maximum atomic E-state index is 12.8. The van der Waals surface area contributed by atoms with Gasteiger partial charge in [-0.05, 0) is 83.0 Å². The molecular formula is C24H28ClN3O4. The van der Waals surface area contributed by atoms with E-state index in [1.807, 2.05) is 59.7 Å². The van der Waals surface area contributed by atoms with Crippen molar-refractivity contribution in [2.24, 2.45) is 0 Å². The van der Waals surface area contributed by atoms with Crippen molar-refractivity contribution in [3.8, 4) is 11.1 Å². The summed E-state index contributed by atoms with van der Waals surface area (Å²) in [4.78, 5) is 31.1. The fraction of sp³-hybridized carbons (Fsp3) is 0.375. The zero-order chi connectivity index (χ0) is 23.8. The standard InChI is InChI=1S/C24H28ClN3O4/c1-23(2,3)31-21(29)27(7)18-12-16(15-8-10-26-20(25)14-15)13-19-17(18)9-11-28(19)22(30)32-24(4,5)6/h8-14H,1-7H3. The summed E-state index contributed by atoms with van der Waals surface area (Å²) in [7, 11) is 1.64. The largest absolute Gasteiger partial charge is 0.443 e. The molecule has 32 heavy (non-hydrogen) atoms. The van der Waals surface area contributed by atoms with Crippen molar-refractivity contribution in [3.63, 3.8) is 0 Å². The lowest BCUT2D eigenvalue weighted by Crippen LogP contribution is -2.34. The van der Waals surface area contributed by atoms with Gasteiger partial charge in [-0.3, -0.25) is 9.47 Å². The summed E-state index contributed by atoms with van der Waals surface area (Å²) in [5, 5.41) is 1.04. The first kappa shape index (κ1) is 23.6. The molecule has 3 aromatic rings. The van der Waals surface area contributed by atoms with Crippen LogP contribution >= 0.6 is 11.6 Å². The second kappa shape index (κ2) is 8.47. The number of anilines is 1. The van der Waals surface area contributed by atoms with Crippen LogP contribution in [0.2, 0.25) is 5.15 Å². The van der Waals surface area contributed by atoms with Crippen LogP contribution < -0.4 is 4.90 Å². The Morgan fingerprint density at radius 3 is 2.22 bits per heavy atom. The van der Waals surface area contributed by atoms with Crippen molar-refractivity contribution < 1.29 is 19.1 Å². The third-order valence-corrected chi connectivity index (χ3v) is 4.67. The van der Waals surface area contributed by atoms with Gasteiger partial charge in [0.05, 0.1) is 11.2 Å². The predicted octanol–water partition coefficient (Wildman–Crippen LogP) is 6.51. The van der Waals surface area contributed by atoms with Crippen LogP contribution in [-0.2, 0) is 9.47 Å². The molecule has 0 N–H and O–H groups in total. The predicted molar refractivity (Wildman–Crippen MR) is 126 cm³/mol. The van der Waals surface area contributed by atoms with Crippen molar-refractivity contribution in [1.29, 1.82) is 0 Å². The van der Waals surface area contributed by atoms with E-state index in [0.717, 1.165) is 11.1 Å². The van der Waals surface area contributed by atoms with Gasteiger partial charge in [-0.15, -0.1) is 0 Å².